The van der Waals surface area contributed by atoms with Crippen LogP contribution in [0.3, 0.4) is 0 Å². The molecule has 2 aromatic carbocycles. The summed E-state index contributed by atoms with van der Waals surface area (Å²) in [5.74, 6) is 5.30. The van der Waals surface area contributed by atoms with E-state index in [2.05, 4.69) is 57.6 Å². The van der Waals surface area contributed by atoms with Crippen LogP contribution in [0.25, 0.3) is 22.2 Å². The van der Waals surface area contributed by atoms with E-state index in [0.717, 1.165) is 46.5 Å². The highest BCUT2D eigenvalue weighted by atomic mass is 16.5. The number of phenols is 1. The lowest BCUT2D eigenvalue weighted by Crippen LogP contribution is -2.37. The molecule has 2 fully saturated rings. The Balaban J connectivity index is 1.62. The second-order valence-electron chi connectivity index (χ2n) is 13.3. The van der Waals surface area contributed by atoms with Gasteiger partial charge in [0.2, 0.25) is 5.95 Å². The van der Waals surface area contributed by atoms with Gasteiger partial charge in [-0.05, 0) is 91.5 Å². The number of hydrogen-bond donors (Lipinski definition) is 2. The highest BCUT2D eigenvalue weighted by molar-refractivity contribution is 5.95. The molecule has 0 radical (unpaired) electrons. The summed E-state index contributed by atoms with van der Waals surface area (Å²) in [5, 5.41) is 10.7. The van der Waals surface area contributed by atoms with Crippen molar-refractivity contribution in [1.82, 2.24) is 9.97 Å². The van der Waals surface area contributed by atoms with E-state index in [9.17, 15) is 5.11 Å². The molecular formula is C34H47N3O3. The van der Waals surface area contributed by atoms with E-state index in [0.29, 0.717) is 35.5 Å². The number of nitrogens with two attached hydrogens (primary N) is 1. The molecule has 0 bridgehead atoms. The number of hydrogen-bond acceptors (Lipinski definition) is 6. The molecule has 6 nitrogen and oxygen atoms in total. The van der Waals surface area contributed by atoms with Crippen LogP contribution in [0.2, 0.25) is 0 Å². The quantitative estimate of drug-likeness (QED) is 0.310. The number of rotatable bonds is 7. The molecule has 6 atom stereocenters. The summed E-state index contributed by atoms with van der Waals surface area (Å²) in [4.78, 5) is 9.25. The third-order valence-electron chi connectivity index (χ3n) is 9.40. The second-order valence-corrected chi connectivity index (χ2v) is 13.3. The zero-order chi connectivity index (χ0) is 28.6. The second kappa shape index (κ2) is 11.8. The van der Waals surface area contributed by atoms with Crippen molar-refractivity contribution in [2.24, 2.45) is 35.5 Å². The third kappa shape index (κ3) is 6.16. The molecule has 0 saturated heterocycles. The number of aromatic hydroxyl groups is 1. The van der Waals surface area contributed by atoms with Crippen LogP contribution in [0.1, 0.15) is 80.1 Å². The van der Waals surface area contributed by atoms with Crippen molar-refractivity contribution in [2.75, 3.05) is 5.73 Å². The molecule has 6 heteroatoms. The minimum Gasteiger partial charge on any atom is -0.508 e. The minimum absolute atomic E-state index is 0.126. The van der Waals surface area contributed by atoms with Crippen LogP contribution in [-0.2, 0) is 0 Å². The third-order valence-corrected chi connectivity index (χ3v) is 9.40. The molecule has 6 unspecified atom stereocenters. The molecule has 1 heterocycles. The number of anilines is 1. The molecule has 0 spiro atoms. The number of benzene rings is 2. The lowest BCUT2D eigenvalue weighted by molar-refractivity contribution is 0.0267. The monoisotopic (exact) mass is 545 g/mol. The van der Waals surface area contributed by atoms with Gasteiger partial charge in [-0.2, -0.15) is 0 Å². The molecular weight excluding hydrogens is 498 g/mol. The van der Waals surface area contributed by atoms with Gasteiger partial charge in [0.1, 0.15) is 18.0 Å². The Labute approximate surface area is 239 Å². The van der Waals surface area contributed by atoms with Crippen LogP contribution in [0, 0.1) is 35.5 Å². The van der Waals surface area contributed by atoms with Crippen LogP contribution in [0.15, 0.2) is 36.4 Å². The molecule has 0 amide bonds. The number of nitrogens with zero attached hydrogens (tertiary/aromatic N) is 2. The molecule has 2 saturated carbocycles. The molecule has 0 aliphatic heterocycles. The van der Waals surface area contributed by atoms with Gasteiger partial charge in [-0.15, -0.1) is 0 Å². The first-order valence-electron chi connectivity index (χ1n) is 15.3. The predicted molar refractivity (Wildman–Crippen MR) is 163 cm³/mol. The van der Waals surface area contributed by atoms with E-state index in [1.54, 1.807) is 12.1 Å². The van der Waals surface area contributed by atoms with Gasteiger partial charge in [0, 0.05) is 17.0 Å². The van der Waals surface area contributed by atoms with E-state index in [1.165, 1.54) is 25.7 Å². The minimum atomic E-state index is 0.126. The van der Waals surface area contributed by atoms with Crippen LogP contribution < -0.4 is 15.2 Å². The first-order valence-corrected chi connectivity index (χ1v) is 15.3. The van der Waals surface area contributed by atoms with Crippen LogP contribution in [-0.4, -0.2) is 27.3 Å². The highest BCUT2D eigenvalue weighted by Gasteiger charge is 2.35. The van der Waals surface area contributed by atoms with Crippen molar-refractivity contribution in [3.8, 4) is 28.5 Å². The lowest BCUT2D eigenvalue weighted by Gasteiger charge is -2.39. The smallest absolute Gasteiger partial charge is 0.221 e. The Kier molecular flexibility index (Phi) is 8.44. The summed E-state index contributed by atoms with van der Waals surface area (Å²) in [6.07, 6.45) is 7.20. The largest absolute Gasteiger partial charge is 0.508 e. The molecule has 5 rings (SSSR count). The number of fused-ring (bicyclic) bond motifs is 1. The molecule has 1 aromatic heterocycles. The summed E-state index contributed by atoms with van der Waals surface area (Å²) in [6.45, 7) is 13.9. The van der Waals surface area contributed by atoms with Crippen LogP contribution in [0.5, 0.6) is 17.2 Å². The van der Waals surface area contributed by atoms with E-state index in [1.807, 2.05) is 18.2 Å². The van der Waals surface area contributed by atoms with Crippen molar-refractivity contribution in [3.05, 3.63) is 36.4 Å². The van der Waals surface area contributed by atoms with Gasteiger partial charge in [0.15, 0.2) is 11.5 Å². The number of nitrogen functional groups attached to an aromatic ring is 1. The van der Waals surface area contributed by atoms with E-state index in [4.69, 9.17) is 15.2 Å². The molecule has 2 aliphatic carbocycles. The van der Waals surface area contributed by atoms with Crippen molar-refractivity contribution < 1.29 is 14.6 Å². The van der Waals surface area contributed by atoms with Crippen molar-refractivity contribution in [3.63, 3.8) is 0 Å². The van der Waals surface area contributed by atoms with Crippen molar-refractivity contribution in [2.45, 2.75) is 92.3 Å². The Morgan fingerprint density at radius 3 is 1.82 bits per heavy atom. The van der Waals surface area contributed by atoms with Gasteiger partial charge >= 0.3 is 0 Å². The summed E-state index contributed by atoms with van der Waals surface area (Å²) in [7, 11) is 0. The molecule has 3 N–H and O–H groups in total. The fourth-order valence-electron chi connectivity index (χ4n) is 7.00. The van der Waals surface area contributed by atoms with E-state index in [-0.39, 0.29) is 23.9 Å². The van der Waals surface area contributed by atoms with Gasteiger partial charge in [-0.1, -0.05) is 54.4 Å². The summed E-state index contributed by atoms with van der Waals surface area (Å²) in [5.41, 5.74) is 8.54. The molecule has 40 heavy (non-hydrogen) atoms. The average molecular weight is 546 g/mol. The van der Waals surface area contributed by atoms with Gasteiger partial charge in [-0.3, -0.25) is 0 Å². The summed E-state index contributed by atoms with van der Waals surface area (Å²) in [6, 6.07) is 11.1. The number of phenolic OH excluding ortho intramolecular Hbond substituents is 1. The Hall–Kier alpha value is -3.02. The van der Waals surface area contributed by atoms with E-state index < -0.39 is 0 Å². The fraction of sp³-hybridized carbons (Fsp3) is 0.588. The molecule has 3 aromatic rings. The maximum Gasteiger partial charge on any atom is 0.221 e. The van der Waals surface area contributed by atoms with Crippen LogP contribution >= 0.6 is 0 Å². The van der Waals surface area contributed by atoms with Gasteiger partial charge in [0.25, 0.3) is 0 Å². The highest BCUT2D eigenvalue weighted by Crippen LogP contribution is 2.44. The Bertz CT molecular complexity index is 1310. The molecule has 216 valence electrons. The fourth-order valence-corrected chi connectivity index (χ4v) is 7.00. The Morgan fingerprint density at radius 1 is 0.775 bits per heavy atom. The van der Waals surface area contributed by atoms with E-state index >= 15 is 0 Å². The maximum atomic E-state index is 9.87. The zero-order valence-corrected chi connectivity index (χ0v) is 25.1. The standard InChI is InChI=1S/C34H47N3O3/c1-19(2)25-13-7-21(5)15-29(25)39-31-17-27-28(36-34(35)37-33(27)23-9-11-24(38)12-10-23)18-32(31)40-30-16-22(6)8-14-26(30)20(3)4/h9-12,17-22,25-26,29-30,38H,7-8,13-16H2,1-6H3,(H2,35,36,37). The zero-order valence-electron chi connectivity index (χ0n) is 25.1. The van der Waals surface area contributed by atoms with Gasteiger partial charge in [0.05, 0.1) is 11.2 Å². The predicted octanol–water partition coefficient (Wildman–Crippen LogP) is 8.26. The molecule has 2 aliphatic rings. The SMILES string of the molecule is CC1CCC(C(C)C)C(Oc2cc3nc(N)nc(-c4ccc(O)cc4)c3cc2OC2CC(C)CCC2C(C)C)C1. The van der Waals surface area contributed by atoms with Gasteiger partial charge < -0.3 is 20.3 Å². The summed E-state index contributed by atoms with van der Waals surface area (Å²) < 4.78 is 13.9. The number of ether oxygens (including phenoxy) is 2. The van der Waals surface area contributed by atoms with Gasteiger partial charge in [-0.25, -0.2) is 9.97 Å². The average Bonchev–Trinajstić information content (AvgIpc) is 2.89. The maximum absolute atomic E-state index is 9.87. The first-order chi connectivity index (χ1) is 19.1. The Morgan fingerprint density at radius 2 is 1.30 bits per heavy atom. The number of aromatic nitrogens is 2. The topological polar surface area (TPSA) is 90.5 Å². The van der Waals surface area contributed by atoms with Crippen LogP contribution in [0.4, 0.5) is 5.95 Å². The first kappa shape index (κ1) is 28.5. The van der Waals surface area contributed by atoms with Crippen molar-refractivity contribution in [1.29, 1.82) is 0 Å². The lowest BCUT2D eigenvalue weighted by atomic mass is 9.75. The summed E-state index contributed by atoms with van der Waals surface area (Å²) >= 11 is 0. The normalized spacial score (nSPS) is 27.3. The van der Waals surface area contributed by atoms with Crippen molar-refractivity contribution >= 4 is 16.9 Å².